The Morgan fingerprint density at radius 3 is 2.57 bits per heavy atom. The summed E-state index contributed by atoms with van der Waals surface area (Å²) in [6.45, 7) is 0. The number of hydrazone groups is 1. The summed E-state index contributed by atoms with van der Waals surface area (Å²) >= 11 is 0. The van der Waals surface area contributed by atoms with E-state index in [1.54, 1.807) is 12.1 Å². The molecule has 0 amide bonds. The van der Waals surface area contributed by atoms with Crippen LogP contribution in [0.1, 0.15) is 34.3 Å². The highest BCUT2D eigenvalue weighted by molar-refractivity contribution is 6.03. The van der Waals surface area contributed by atoms with Gasteiger partial charge in [0.05, 0.1) is 17.4 Å². The molecule has 2 aromatic carbocycles. The van der Waals surface area contributed by atoms with Crippen LogP contribution in [0, 0.1) is 0 Å². The Morgan fingerprint density at radius 1 is 1.05 bits per heavy atom. The number of carbonyl (C=O) groups is 1. The van der Waals surface area contributed by atoms with Gasteiger partial charge in [0, 0.05) is 5.56 Å². The van der Waals surface area contributed by atoms with Gasteiger partial charge < -0.3 is 9.90 Å². The molecule has 0 radical (unpaired) electrons. The van der Waals surface area contributed by atoms with Crippen molar-refractivity contribution >= 4 is 17.4 Å². The minimum absolute atomic E-state index is 0.163. The van der Waals surface area contributed by atoms with E-state index in [1.807, 2.05) is 12.1 Å². The third-order valence-corrected chi connectivity index (χ3v) is 3.63. The van der Waals surface area contributed by atoms with Crippen LogP contribution in [0.25, 0.3) is 0 Å². The Labute approximate surface area is 123 Å². The molecule has 2 aromatic rings. The molecular weight excluding hydrogens is 264 g/mol. The summed E-state index contributed by atoms with van der Waals surface area (Å²) in [6, 6.07) is 14.7. The van der Waals surface area contributed by atoms with E-state index in [1.165, 1.54) is 23.3 Å². The zero-order chi connectivity index (χ0) is 14.7. The first-order chi connectivity index (χ1) is 10.2. The number of aromatic carboxylic acids is 1. The molecule has 0 spiro atoms. The van der Waals surface area contributed by atoms with E-state index in [9.17, 15) is 9.90 Å². The number of hydrogen-bond donors (Lipinski definition) is 1. The van der Waals surface area contributed by atoms with Crippen molar-refractivity contribution in [2.45, 2.75) is 19.3 Å². The fourth-order valence-corrected chi connectivity index (χ4v) is 2.53. The molecule has 4 heteroatoms. The van der Waals surface area contributed by atoms with Crippen LogP contribution in [0.5, 0.6) is 0 Å². The normalized spacial score (nSPS) is 15.5. The fraction of sp³-hybridized carbons (Fsp3) is 0.176. The van der Waals surface area contributed by atoms with Gasteiger partial charge >= 0.3 is 0 Å². The number of fused-ring (bicyclic) bond motifs is 1. The number of benzene rings is 2. The Morgan fingerprint density at radius 2 is 1.81 bits per heavy atom. The van der Waals surface area contributed by atoms with Crippen molar-refractivity contribution in [3.8, 4) is 0 Å². The maximum atomic E-state index is 10.7. The van der Waals surface area contributed by atoms with Crippen LogP contribution in [-0.4, -0.2) is 11.7 Å². The van der Waals surface area contributed by atoms with Crippen molar-refractivity contribution in [2.75, 3.05) is 5.43 Å². The van der Waals surface area contributed by atoms with Gasteiger partial charge in [-0.15, -0.1) is 0 Å². The molecule has 0 fully saturated rings. The number of nitrogens with zero attached hydrogens (tertiary/aromatic N) is 1. The van der Waals surface area contributed by atoms with E-state index in [-0.39, 0.29) is 5.56 Å². The van der Waals surface area contributed by atoms with Crippen molar-refractivity contribution in [1.82, 2.24) is 0 Å². The largest absolute Gasteiger partial charge is 0.545 e. The first kappa shape index (κ1) is 13.4. The smallest absolute Gasteiger partial charge is 0.0715 e. The monoisotopic (exact) mass is 279 g/mol. The van der Waals surface area contributed by atoms with Gasteiger partial charge in [0.25, 0.3) is 0 Å². The lowest BCUT2D eigenvalue weighted by atomic mass is 9.90. The summed E-state index contributed by atoms with van der Waals surface area (Å²) in [7, 11) is 0. The average molecular weight is 279 g/mol. The van der Waals surface area contributed by atoms with Gasteiger partial charge in [0.15, 0.2) is 0 Å². The third kappa shape index (κ3) is 2.94. The fourth-order valence-electron chi connectivity index (χ4n) is 2.53. The second-order valence-electron chi connectivity index (χ2n) is 5.05. The third-order valence-electron chi connectivity index (χ3n) is 3.63. The molecule has 1 aliphatic carbocycles. The summed E-state index contributed by atoms with van der Waals surface area (Å²) in [4.78, 5) is 10.7. The molecule has 0 bridgehead atoms. The highest BCUT2D eigenvalue weighted by Crippen LogP contribution is 2.21. The molecule has 21 heavy (non-hydrogen) atoms. The van der Waals surface area contributed by atoms with Crippen LogP contribution < -0.4 is 10.5 Å². The van der Waals surface area contributed by atoms with Gasteiger partial charge in [-0.3, -0.25) is 5.43 Å². The van der Waals surface area contributed by atoms with Crippen LogP contribution >= 0.6 is 0 Å². The minimum atomic E-state index is -1.17. The molecule has 3 rings (SSSR count). The van der Waals surface area contributed by atoms with Crippen molar-refractivity contribution in [3.05, 3.63) is 65.2 Å². The maximum absolute atomic E-state index is 10.7. The number of aryl methyl sites for hydroxylation is 1. The van der Waals surface area contributed by atoms with Crippen molar-refractivity contribution in [1.29, 1.82) is 0 Å². The predicted molar refractivity (Wildman–Crippen MR) is 80.3 cm³/mol. The number of rotatable bonds is 3. The first-order valence-electron chi connectivity index (χ1n) is 6.96. The van der Waals surface area contributed by atoms with Crippen LogP contribution in [0.3, 0.4) is 0 Å². The van der Waals surface area contributed by atoms with E-state index in [4.69, 9.17) is 0 Å². The molecule has 0 aromatic heterocycles. The molecule has 0 saturated heterocycles. The van der Waals surface area contributed by atoms with Gasteiger partial charge in [-0.05, 0) is 42.5 Å². The number of hydrogen-bond acceptors (Lipinski definition) is 4. The summed E-state index contributed by atoms with van der Waals surface area (Å²) in [5, 5.41) is 15.2. The number of carboxylic acid groups (broad SMARTS) is 1. The standard InChI is InChI=1S/C17H16N2O2/c20-17(21)13-8-10-14(11-9-13)18-19-16-7-3-5-12-4-1-2-6-15(12)16/h1-2,4,6,8-11,18H,3,5,7H2,(H,20,21)/p-1. The van der Waals surface area contributed by atoms with Gasteiger partial charge in [-0.1, -0.05) is 36.4 Å². The van der Waals surface area contributed by atoms with E-state index in [2.05, 4.69) is 22.7 Å². The maximum Gasteiger partial charge on any atom is 0.0715 e. The minimum Gasteiger partial charge on any atom is -0.545 e. The lowest BCUT2D eigenvalue weighted by Crippen LogP contribution is -2.21. The SMILES string of the molecule is O=C([O-])c1ccc(NN=C2CCCc3ccccc32)cc1. The van der Waals surface area contributed by atoms with Gasteiger partial charge in [-0.2, -0.15) is 5.10 Å². The molecule has 0 unspecified atom stereocenters. The molecule has 0 atom stereocenters. The summed E-state index contributed by atoms with van der Waals surface area (Å²) in [5.74, 6) is -1.17. The van der Waals surface area contributed by atoms with Crippen molar-refractivity contribution < 1.29 is 9.90 Å². The number of nitrogens with one attached hydrogen (secondary N) is 1. The quantitative estimate of drug-likeness (QED) is 0.876. The number of carbonyl (C=O) groups excluding carboxylic acids is 1. The highest BCUT2D eigenvalue weighted by Gasteiger charge is 2.14. The Hall–Kier alpha value is -2.62. The Bertz CT molecular complexity index is 690. The van der Waals surface area contributed by atoms with E-state index in [0.29, 0.717) is 0 Å². The van der Waals surface area contributed by atoms with Crippen LogP contribution in [0.2, 0.25) is 0 Å². The topological polar surface area (TPSA) is 64.5 Å². The molecule has 0 aliphatic heterocycles. The lowest BCUT2D eigenvalue weighted by Gasteiger charge is -2.17. The highest BCUT2D eigenvalue weighted by atomic mass is 16.4. The molecule has 4 nitrogen and oxygen atoms in total. The second kappa shape index (κ2) is 5.79. The summed E-state index contributed by atoms with van der Waals surface area (Å²) in [6.07, 6.45) is 3.14. The summed E-state index contributed by atoms with van der Waals surface area (Å²) < 4.78 is 0. The predicted octanol–water partition coefficient (Wildman–Crippen LogP) is 2.20. The molecule has 1 N–H and O–H groups in total. The van der Waals surface area contributed by atoms with Crippen molar-refractivity contribution in [2.24, 2.45) is 5.10 Å². The summed E-state index contributed by atoms with van der Waals surface area (Å²) in [5.41, 5.74) is 7.49. The molecular formula is C17H15N2O2-. The lowest BCUT2D eigenvalue weighted by molar-refractivity contribution is -0.255. The average Bonchev–Trinajstić information content (AvgIpc) is 2.53. The first-order valence-corrected chi connectivity index (χ1v) is 6.96. The number of carboxylic acids is 1. The zero-order valence-corrected chi connectivity index (χ0v) is 11.5. The number of anilines is 1. The van der Waals surface area contributed by atoms with Crippen LogP contribution in [0.15, 0.2) is 53.6 Å². The molecule has 106 valence electrons. The van der Waals surface area contributed by atoms with E-state index < -0.39 is 5.97 Å². The molecule has 0 heterocycles. The molecule has 0 saturated carbocycles. The van der Waals surface area contributed by atoms with Crippen LogP contribution in [0.4, 0.5) is 5.69 Å². The van der Waals surface area contributed by atoms with Gasteiger partial charge in [-0.25, -0.2) is 0 Å². The Balaban J connectivity index is 1.79. The van der Waals surface area contributed by atoms with E-state index >= 15 is 0 Å². The second-order valence-corrected chi connectivity index (χ2v) is 5.05. The molecule has 1 aliphatic rings. The van der Waals surface area contributed by atoms with E-state index in [0.717, 1.165) is 30.7 Å². The van der Waals surface area contributed by atoms with Gasteiger partial charge in [0.2, 0.25) is 0 Å². The Kier molecular flexibility index (Phi) is 3.69. The van der Waals surface area contributed by atoms with Crippen molar-refractivity contribution in [3.63, 3.8) is 0 Å². The van der Waals surface area contributed by atoms with Gasteiger partial charge in [0.1, 0.15) is 0 Å². The zero-order valence-electron chi connectivity index (χ0n) is 11.5. The van der Waals surface area contributed by atoms with Crippen LogP contribution in [-0.2, 0) is 6.42 Å².